The summed E-state index contributed by atoms with van der Waals surface area (Å²) in [6.45, 7) is 7.41. The number of ketones is 1. The third-order valence-electron chi connectivity index (χ3n) is 4.36. The van der Waals surface area contributed by atoms with E-state index in [9.17, 15) is 4.79 Å². The second kappa shape index (κ2) is 6.33. The highest BCUT2D eigenvalue weighted by Crippen LogP contribution is 2.23. The molecule has 1 heterocycles. The number of likely N-dealkylation sites (tertiary alicyclic amines) is 1. The Morgan fingerprint density at radius 2 is 2.00 bits per heavy atom. The van der Waals surface area contributed by atoms with Gasteiger partial charge in [-0.05, 0) is 39.7 Å². The summed E-state index contributed by atoms with van der Waals surface area (Å²) in [5.74, 6) is 0.264. The highest BCUT2D eigenvalue weighted by molar-refractivity contribution is 5.99. The maximum atomic E-state index is 12.6. The number of benzene rings is 1. The van der Waals surface area contributed by atoms with Crippen LogP contribution in [0.5, 0.6) is 0 Å². The lowest BCUT2D eigenvalue weighted by Crippen LogP contribution is -2.48. The zero-order valence-corrected chi connectivity index (χ0v) is 12.4. The summed E-state index contributed by atoms with van der Waals surface area (Å²) in [6.07, 6.45) is 4.91. The quantitative estimate of drug-likeness (QED) is 0.766. The number of carbonyl (C=O) groups excluding carboxylic acids is 1. The molecule has 1 aromatic carbocycles. The Balaban J connectivity index is 2.11. The average Bonchev–Trinajstić information content (AvgIpc) is 2.46. The molecule has 2 nitrogen and oxygen atoms in total. The van der Waals surface area contributed by atoms with E-state index in [-0.39, 0.29) is 11.8 Å². The van der Waals surface area contributed by atoms with Crippen LogP contribution in [0.1, 0.15) is 55.5 Å². The van der Waals surface area contributed by atoms with E-state index in [0.717, 1.165) is 18.5 Å². The van der Waals surface area contributed by atoms with Gasteiger partial charge in [0.05, 0.1) is 6.04 Å². The van der Waals surface area contributed by atoms with Crippen LogP contribution in [0.15, 0.2) is 24.3 Å². The molecule has 0 aliphatic carbocycles. The second-order valence-electron chi connectivity index (χ2n) is 5.70. The molecule has 1 aliphatic rings. The van der Waals surface area contributed by atoms with E-state index < -0.39 is 0 Å². The molecule has 2 rings (SSSR count). The first-order valence-corrected chi connectivity index (χ1v) is 7.50. The zero-order chi connectivity index (χ0) is 13.8. The topological polar surface area (TPSA) is 20.3 Å². The van der Waals surface area contributed by atoms with Crippen molar-refractivity contribution in [2.75, 3.05) is 6.54 Å². The Morgan fingerprint density at radius 3 is 2.63 bits per heavy atom. The smallest absolute Gasteiger partial charge is 0.179 e. The van der Waals surface area contributed by atoms with Crippen LogP contribution in [0.2, 0.25) is 0 Å². The minimum Gasteiger partial charge on any atom is -0.292 e. The predicted octanol–water partition coefficient (Wildman–Crippen LogP) is 3.83. The molecular weight excluding hydrogens is 234 g/mol. The third kappa shape index (κ3) is 3.24. The SMILES string of the molecule is CCC1CCCCN1C(C)C(=O)c1ccc(C)cc1. The lowest BCUT2D eigenvalue weighted by atomic mass is 9.95. The van der Waals surface area contributed by atoms with Gasteiger partial charge in [0.2, 0.25) is 0 Å². The number of nitrogens with zero attached hydrogens (tertiary/aromatic N) is 1. The number of hydrogen-bond acceptors (Lipinski definition) is 2. The van der Waals surface area contributed by atoms with E-state index in [4.69, 9.17) is 0 Å². The Hall–Kier alpha value is -1.15. The first kappa shape index (κ1) is 14.3. The molecule has 2 atom stereocenters. The summed E-state index contributed by atoms with van der Waals surface area (Å²) < 4.78 is 0. The highest BCUT2D eigenvalue weighted by Gasteiger charge is 2.29. The third-order valence-corrected chi connectivity index (χ3v) is 4.36. The van der Waals surface area contributed by atoms with Gasteiger partial charge in [-0.2, -0.15) is 0 Å². The molecule has 104 valence electrons. The molecule has 2 heteroatoms. The zero-order valence-electron chi connectivity index (χ0n) is 12.4. The minimum atomic E-state index is 0.00737. The fourth-order valence-corrected chi connectivity index (χ4v) is 3.08. The number of hydrogen-bond donors (Lipinski definition) is 0. The van der Waals surface area contributed by atoms with Crippen molar-refractivity contribution in [3.05, 3.63) is 35.4 Å². The van der Waals surface area contributed by atoms with Crippen molar-refractivity contribution in [2.45, 2.75) is 58.5 Å². The number of aryl methyl sites for hydroxylation is 1. The molecule has 0 saturated carbocycles. The molecule has 0 bridgehead atoms. The fourth-order valence-electron chi connectivity index (χ4n) is 3.08. The molecule has 19 heavy (non-hydrogen) atoms. The molecule has 0 spiro atoms. The van der Waals surface area contributed by atoms with Gasteiger partial charge >= 0.3 is 0 Å². The van der Waals surface area contributed by atoms with Gasteiger partial charge in [-0.1, -0.05) is 43.2 Å². The van der Waals surface area contributed by atoms with Crippen LogP contribution < -0.4 is 0 Å². The van der Waals surface area contributed by atoms with Crippen molar-refractivity contribution < 1.29 is 4.79 Å². The van der Waals surface area contributed by atoms with Gasteiger partial charge in [0.25, 0.3) is 0 Å². The number of Topliss-reactive ketones (excluding diaryl/α,β-unsaturated/α-hetero) is 1. The van der Waals surface area contributed by atoms with Gasteiger partial charge in [-0.15, -0.1) is 0 Å². The van der Waals surface area contributed by atoms with Crippen LogP contribution in [0, 0.1) is 6.92 Å². The lowest BCUT2D eigenvalue weighted by molar-refractivity contribution is 0.0661. The molecule has 0 amide bonds. The molecule has 1 aromatic rings. The van der Waals surface area contributed by atoms with Crippen molar-refractivity contribution in [3.63, 3.8) is 0 Å². The Kier molecular flexibility index (Phi) is 4.76. The summed E-state index contributed by atoms with van der Waals surface area (Å²) in [7, 11) is 0. The van der Waals surface area contributed by atoms with Crippen LogP contribution in [-0.2, 0) is 0 Å². The largest absolute Gasteiger partial charge is 0.292 e. The first-order chi connectivity index (χ1) is 9.13. The maximum absolute atomic E-state index is 12.6. The van der Waals surface area contributed by atoms with E-state index in [1.807, 2.05) is 24.3 Å². The number of carbonyl (C=O) groups is 1. The van der Waals surface area contributed by atoms with Crippen LogP contribution in [0.3, 0.4) is 0 Å². The van der Waals surface area contributed by atoms with Gasteiger partial charge in [0, 0.05) is 11.6 Å². The number of rotatable bonds is 4. The molecule has 0 aromatic heterocycles. The van der Waals surface area contributed by atoms with Gasteiger partial charge in [0.15, 0.2) is 5.78 Å². The van der Waals surface area contributed by atoms with Crippen molar-refractivity contribution in [2.24, 2.45) is 0 Å². The van der Waals surface area contributed by atoms with E-state index in [1.54, 1.807) is 0 Å². The van der Waals surface area contributed by atoms with Gasteiger partial charge in [0.1, 0.15) is 0 Å². The van der Waals surface area contributed by atoms with E-state index in [2.05, 4.69) is 25.7 Å². The lowest BCUT2D eigenvalue weighted by Gasteiger charge is -2.38. The molecule has 0 N–H and O–H groups in total. The van der Waals surface area contributed by atoms with Crippen molar-refractivity contribution >= 4 is 5.78 Å². The molecular formula is C17H25NO. The van der Waals surface area contributed by atoms with E-state index in [0.29, 0.717) is 6.04 Å². The Labute approximate surface area is 116 Å². The summed E-state index contributed by atoms with van der Waals surface area (Å²) in [5.41, 5.74) is 2.05. The second-order valence-corrected chi connectivity index (χ2v) is 5.70. The first-order valence-electron chi connectivity index (χ1n) is 7.50. The van der Waals surface area contributed by atoms with Gasteiger partial charge in [-0.25, -0.2) is 0 Å². The monoisotopic (exact) mass is 259 g/mol. The summed E-state index contributed by atoms with van der Waals surface area (Å²) in [4.78, 5) is 15.0. The van der Waals surface area contributed by atoms with Crippen LogP contribution in [-0.4, -0.2) is 29.3 Å². The summed E-state index contributed by atoms with van der Waals surface area (Å²) >= 11 is 0. The molecule has 1 fully saturated rings. The Bertz CT molecular complexity index is 423. The van der Waals surface area contributed by atoms with E-state index in [1.165, 1.54) is 24.8 Å². The van der Waals surface area contributed by atoms with Crippen molar-refractivity contribution in [3.8, 4) is 0 Å². The average molecular weight is 259 g/mol. The molecule has 1 saturated heterocycles. The highest BCUT2D eigenvalue weighted by atomic mass is 16.1. The van der Waals surface area contributed by atoms with Gasteiger partial charge in [-0.3, -0.25) is 9.69 Å². The standard InChI is InChI=1S/C17H25NO/c1-4-16-7-5-6-12-18(16)14(3)17(19)15-10-8-13(2)9-11-15/h8-11,14,16H,4-7,12H2,1-3H3. The van der Waals surface area contributed by atoms with Gasteiger partial charge < -0.3 is 0 Å². The maximum Gasteiger partial charge on any atom is 0.179 e. The predicted molar refractivity (Wildman–Crippen MR) is 79.6 cm³/mol. The van der Waals surface area contributed by atoms with Crippen molar-refractivity contribution in [1.82, 2.24) is 4.90 Å². The van der Waals surface area contributed by atoms with Crippen LogP contribution in [0.4, 0.5) is 0 Å². The normalized spacial score (nSPS) is 22.2. The minimum absolute atomic E-state index is 0.00737. The van der Waals surface area contributed by atoms with E-state index >= 15 is 0 Å². The summed E-state index contributed by atoms with van der Waals surface area (Å²) in [6, 6.07) is 8.55. The molecule has 0 radical (unpaired) electrons. The van der Waals surface area contributed by atoms with Crippen LogP contribution >= 0.6 is 0 Å². The Morgan fingerprint density at radius 1 is 1.32 bits per heavy atom. The fraction of sp³-hybridized carbons (Fsp3) is 0.588. The molecule has 2 unspecified atom stereocenters. The summed E-state index contributed by atoms with van der Waals surface area (Å²) in [5, 5.41) is 0. The van der Waals surface area contributed by atoms with Crippen LogP contribution in [0.25, 0.3) is 0 Å². The van der Waals surface area contributed by atoms with Crippen molar-refractivity contribution in [1.29, 1.82) is 0 Å². The molecule has 1 aliphatic heterocycles. The number of piperidine rings is 1.